The Morgan fingerprint density at radius 1 is 1.29 bits per heavy atom. The Balaban J connectivity index is 1.65. The highest BCUT2D eigenvalue weighted by Crippen LogP contribution is 2.24. The number of nitrogen functional groups attached to an aromatic ring is 1. The van der Waals surface area contributed by atoms with Gasteiger partial charge in [0.05, 0.1) is 0 Å². The standard InChI is InChI=1S/C15H24N2/c1-12-8-9-14(11-12)17-10-4-6-13-5-2-3-7-15(13)16/h2-3,5,7,12,14,17H,4,6,8-11,16H2,1H3. The zero-order chi connectivity index (χ0) is 12.1. The average molecular weight is 232 g/mol. The lowest BCUT2D eigenvalue weighted by molar-refractivity contribution is 0.496. The quantitative estimate of drug-likeness (QED) is 0.605. The first kappa shape index (κ1) is 12.4. The van der Waals surface area contributed by atoms with E-state index in [9.17, 15) is 0 Å². The van der Waals surface area contributed by atoms with Gasteiger partial charge in [-0.3, -0.25) is 0 Å². The van der Waals surface area contributed by atoms with E-state index < -0.39 is 0 Å². The summed E-state index contributed by atoms with van der Waals surface area (Å²) in [5.41, 5.74) is 8.14. The minimum absolute atomic E-state index is 0.762. The molecule has 0 spiro atoms. The van der Waals surface area contributed by atoms with Crippen LogP contribution in [0.4, 0.5) is 5.69 Å². The van der Waals surface area contributed by atoms with Crippen molar-refractivity contribution < 1.29 is 0 Å². The molecule has 0 bridgehead atoms. The number of hydrogen-bond acceptors (Lipinski definition) is 2. The van der Waals surface area contributed by atoms with Gasteiger partial charge >= 0.3 is 0 Å². The molecule has 1 aromatic carbocycles. The van der Waals surface area contributed by atoms with E-state index in [-0.39, 0.29) is 0 Å². The lowest BCUT2D eigenvalue weighted by atomic mass is 10.1. The van der Waals surface area contributed by atoms with Crippen molar-refractivity contribution in [3.63, 3.8) is 0 Å². The molecule has 0 heterocycles. The molecule has 3 N–H and O–H groups in total. The number of para-hydroxylation sites is 1. The minimum Gasteiger partial charge on any atom is -0.399 e. The van der Waals surface area contributed by atoms with Gasteiger partial charge in [-0.05, 0) is 56.2 Å². The van der Waals surface area contributed by atoms with Gasteiger partial charge in [0.2, 0.25) is 0 Å². The molecule has 2 nitrogen and oxygen atoms in total. The van der Waals surface area contributed by atoms with E-state index in [1.165, 1.54) is 31.2 Å². The number of hydrogen-bond donors (Lipinski definition) is 2. The maximum atomic E-state index is 5.92. The average Bonchev–Trinajstić information content (AvgIpc) is 2.73. The number of anilines is 1. The van der Waals surface area contributed by atoms with Crippen LogP contribution in [0, 0.1) is 5.92 Å². The Labute approximate surface area is 105 Å². The molecule has 0 aliphatic heterocycles. The molecule has 1 aliphatic carbocycles. The number of nitrogens with two attached hydrogens (primary N) is 1. The molecule has 2 unspecified atom stereocenters. The molecule has 0 amide bonds. The molecule has 1 fully saturated rings. The van der Waals surface area contributed by atoms with Gasteiger partial charge in [0.1, 0.15) is 0 Å². The molecule has 2 atom stereocenters. The zero-order valence-electron chi connectivity index (χ0n) is 10.8. The SMILES string of the molecule is CC1CCC(NCCCc2ccccc2N)C1. The van der Waals surface area contributed by atoms with Crippen LogP contribution in [-0.4, -0.2) is 12.6 Å². The molecule has 1 saturated carbocycles. The van der Waals surface area contributed by atoms with Crippen LogP contribution in [0.25, 0.3) is 0 Å². The van der Waals surface area contributed by atoms with Crippen LogP contribution in [0.3, 0.4) is 0 Å². The van der Waals surface area contributed by atoms with Crippen LogP contribution in [0.5, 0.6) is 0 Å². The van der Waals surface area contributed by atoms with Gasteiger partial charge in [0.15, 0.2) is 0 Å². The molecule has 1 aromatic rings. The Bertz CT molecular complexity index is 349. The third kappa shape index (κ3) is 3.74. The van der Waals surface area contributed by atoms with Gasteiger partial charge < -0.3 is 11.1 Å². The Morgan fingerprint density at radius 3 is 2.82 bits per heavy atom. The fourth-order valence-electron chi connectivity index (χ4n) is 2.74. The second-order valence-corrected chi connectivity index (χ2v) is 5.37. The largest absolute Gasteiger partial charge is 0.399 e. The third-order valence-electron chi connectivity index (χ3n) is 3.81. The van der Waals surface area contributed by atoms with E-state index in [0.717, 1.165) is 30.6 Å². The van der Waals surface area contributed by atoms with Crippen molar-refractivity contribution in [2.24, 2.45) is 5.92 Å². The molecule has 94 valence electrons. The van der Waals surface area contributed by atoms with Crippen molar-refractivity contribution in [2.45, 2.75) is 45.1 Å². The summed E-state index contributed by atoms with van der Waals surface area (Å²) in [7, 11) is 0. The highest BCUT2D eigenvalue weighted by atomic mass is 14.9. The normalized spacial score (nSPS) is 24.1. The zero-order valence-corrected chi connectivity index (χ0v) is 10.8. The van der Waals surface area contributed by atoms with E-state index in [0.29, 0.717) is 0 Å². The van der Waals surface area contributed by atoms with Gasteiger partial charge in [-0.1, -0.05) is 25.1 Å². The molecule has 0 radical (unpaired) electrons. The molecule has 1 aliphatic rings. The van der Waals surface area contributed by atoms with Crippen LogP contribution < -0.4 is 11.1 Å². The number of aryl methyl sites for hydroxylation is 1. The van der Waals surface area contributed by atoms with E-state index in [4.69, 9.17) is 5.73 Å². The van der Waals surface area contributed by atoms with Crippen molar-refractivity contribution >= 4 is 5.69 Å². The van der Waals surface area contributed by atoms with Crippen LogP contribution in [0.1, 0.15) is 38.2 Å². The molecule has 2 heteroatoms. The van der Waals surface area contributed by atoms with Gasteiger partial charge in [-0.15, -0.1) is 0 Å². The van der Waals surface area contributed by atoms with Gasteiger partial charge in [-0.2, -0.15) is 0 Å². The van der Waals surface area contributed by atoms with Crippen molar-refractivity contribution in [1.29, 1.82) is 0 Å². The molecular formula is C15H24N2. The summed E-state index contributed by atoms with van der Waals surface area (Å²) in [4.78, 5) is 0. The second-order valence-electron chi connectivity index (χ2n) is 5.37. The van der Waals surface area contributed by atoms with E-state index >= 15 is 0 Å². The molecule has 17 heavy (non-hydrogen) atoms. The fourth-order valence-corrected chi connectivity index (χ4v) is 2.74. The predicted molar refractivity (Wildman–Crippen MR) is 74.0 cm³/mol. The summed E-state index contributed by atoms with van der Waals surface area (Å²) in [6.45, 7) is 3.47. The van der Waals surface area contributed by atoms with E-state index in [2.05, 4.69) is 24.4 Å². The number of benzene rings is 1. The Kier molecular flexibility index (Phi) is 4.43. The van der Waals surface area contributed by atoms with E-state index in [1.807, 2.05) is 12.1 Å². The van der Waals surface area contributed by atoms with Crippen molar-refractivity contribution in [3.05, 3.63) is 29.8 Å². The van der Waals surface area contributed by atoms with Crippen molar-refractivity contribution in [1.82, 2.24) is 5.32 Å². The third-order valence-corrected chi connectivity index (χ3v) is 3.81. The second kappa shape index (κ2) is 6.06. The highest BCUT2D eigenvalue weighted by molar-refractivity contribution is 5.46. The first-order valence-electron chi connectivity index (χ1n) is 6.82. The summed E-state index contributed by atoms with van der Waals surface area (Å²) in [5.74, 6) is 0.914. The summed E-state index contributed by atoms with van der Waals surface area (Å²) in [6, 6.07) is 8.95. The van der Waals surface area contributed by atoms with Gasteiger partial charge in [0.25, 0.3) is 0 Å². The highest BCUT2D eigenvalue weighted by Gasteiger charge is 2.19. The summed E-state index contributed by atoms with van der Waals surface area (Å²) >= 11 is 0. The number of nitrogens with one attached hydrogen (secondary N) is 1. The lowest BCUT2D eigenvalue weighted by Crippen LogP contribution is -2.27. The van der Waals surface area contributed by atoms with Crippen LogP contribution in [0.2, 0.25) is 0 Å². The van der Waals surface area contributed by atoms with Crippen LogP contribution in [-0.2, 0) is 6.42 Å². The minimum atomic E-state index is 0.762. The summed E-state index contributed by atoms with van der Waals surface area (Å²) in [6.07, 6.45) is 6.37. The molecular weight excluding hydrogens is 208 g/mol. The maximum Gasteiger partial charge on any atom is 0.0346 e. The predicted octanol–water partition coefficient (Wildman–Crippen LogP) is 2.98. The van der Waals surface area contributed by atoms with Gasteiger partial charge in [-0.25, -0.2) is 0 Å². The van der Waals surface area contributed by atoms with E-state index in [1.54, 1.807) is 0 Å². The Morgan fingerprint density at radius 2 is 2.12 bits per heavy atom. The monoisotopic (exact) mass is 232 g/mol. The molecule has 0 saturated heterocycles. The topological polar surface area (TPSA) is 38.0 Å². The first-order chi connectivity index (χ1) is 8.25. The Hall–Kier alpha value is -1.02. The fraction of sp³-hybridized carbons (Fsp3) is 0.600. The summed E-state index contributed by atoms with van der Waals surface area (Å²) in [5, 5.41) is 3.66. The van der Waals surface area contributed by atoms with Gasteiger partial charge in [0, 0.05) is 11.7 Å². The molecule has 0 aromatic heterocycles. The summed E-state index contributed by atoms with van der Waals surface area (Å²) < 4.78 is 0. The van der Waals surface area contributed by atoms with Crippen molar-refractivity contribution in [3.8, 4) is 0 Å². The lowest BCUT2D eigenvalue weighted by Gasteiger charge is -2.12. The maximum absolute atomic E-state index is 5.92. The smallest absolute Gasteiger partial charge is 0.0346 e. The van der Waals surface area contributed by atoms with Crippen LogP contribution in [0.15, 0.2) is 24.3 Å². The number of rotatable bonds is 5. The first-order valence-corrected chi connectivity index (χ1v) is 6.82. The van der Waals surface area contributed by atoms with Crippen molar-refractivity contribution in [2.75, 3.05) is 12.3 Å². The van der Waals surface area contributed by atoms with Crippen LogP contribution >= 0.6 is 0 Å². The molecule has 2 rings (SSSR count).